The van der Waals surface area contributed by atoms with Gasteiger partial charge in [0, 0.05) is 5.38 Å². The van der Waals surface area contributed by atoms with Gasteiger partial charge in [-0.1, -0.05) is 13.8 Å². The summed E-state index contributed by atoms with van der Waals surface area (Å²) in [5.74, 6) is 0.474. The van der Waals surface area contributed by atoms with Gasteiger partial charge in [-0.3, -0.25) is 0 Å². The fraction of sp³-hybridized carbons (Fsp3) is 0.571. The number of halogens is 2. The number of nitrogens with two attached hydrogens (primary N) is 1. The summed E-state index contributed by atoms with van der Waals surface area (Å²) < 4.78 is 0. The van der Waals surface area contributed by atoms with Crippen molar-refractivity contribution in [2.45, 2.75) is 19.9 Å². The van der Waals surface area contributed by atoms with Crippen LogP contribution in [0.25, 0.3) is 0 Å². The van der Waals surface area contributed by atoms with Crippen LogP contribution < -0.4 is 5.73 Å². The molecule has 1 rings (SSSR count). The molecule has 2 nitrogen and oxygen atoms in total. The summed E-state index contributed by atoms with van der Waals surface area (Å²) in [6.45, 7) is 4.20. The normalized spacial score (nSPS) is 11.7. The van der Waals surface area contributed by atoms with E-state index < -0.39 is 0 Å². The summed E-state index contributed by atoms with van der Waals surface area (Å²) in [5, 5.41) is 2.00. The van der Waals surface area contributed by atoms with E-state index in [-0.39, 0.29) is 30.9 Å². The van der Waals surface area contributed by atoms with E-state index >= 15 is 0 Å². The fourth-order valence-electron chi connectivity index (χ4n) is 0.728. The number of hydrogen-bond acceptors (Lipinski definition) is 3. The Kier molecular flexibility index (Phi) is 8.15. The molecule has 0 aromatic carbocycles. The third-order valence-corrected chi connectivity index (χ3v) is 2.12. The standard InChI is InChI=1S/C7H12N2S.2ClH/c1-5(2)7(8)6-3-10-4-9-6;;/h3-5,7H,8H2,1-2H3;2*1H. The van der Waals surface area contributed by atoms with Crippen molar-refractivity contribution < 1.29 is 0 Å². The first kappa shape index (κ1) is 14.7. The van der Waals surface area contributed by atoms with Gasteiger partial charge in [0.1, 0.15) is 0 Å². The molecule has 0 bridgehead atoms. The van der Waals surface area contributed by atoms with Gasteiger partial charge in [-0.2, -0.15) is 0 Å². The lowest BCUT2D eigenvalue weighted by Gasteiger charge is -2.11. The van der Waals surface area contributed by atoms with Crippen molar-refractivity contribution in [1.82, 2.24) is 4.98 Å². The summed E-state index contributed by atoms with van der Waals surface area (Å²) in [6, 6.07) is 0.103. The van der Waals surface area contributed by atoms with E-state index in [1.54, 1.807) is 11.3 Å². The van der Waals surface area contributed by atoms with Crippen LogP contribution in [0.5, 0.6) is 0 Å². The molecule has 12 heavy (non-hydrogen) atoms. The Labute approximate surface area is 89.4 Å². The van der Waals surface area contributed by atoms with Gasteiger partial charge in [-0.25, -0.2) is 4.98 Å². The van der Waals surface area contributed by atoms with E-state index in [1.165, 1.54) is 0 Å². The zero-order valence-electron chi connectivity index (χ0n) is 7.06. The molecule has 0 spiro atoms. The van der Waals surface area contributed by atoms with E-state index in [2.05, 4.69) is 18.8 Å². The van der Waals surface area contributed by atoms with Crippen LogP contribution in [0.2, 0.25) is 0 Å². The third-order valence-electron chi connectivity index (χ3n) is 1.51. The monoisotopic (exact) mass is 228 g/mol. The molecule has 0 saturated carbocycles. The van der Waals surface area contributed by atoms with Crippen molar-refractivity contribution >= 4 is 36.2 Å². The maximum Gasteiger partial charge on any atom is 0.0795 e. The Balaban J connectivity index is 0. The van der Waals surface area contributed by atoms with Crippen molar-refractivity contribution in [2.75, 3.05) is 0 Å². The Hall–Kier alpha value is 0.170. The molecule has 72 valence electrons. The van der Waals surface area contributed by atoms with Crippen molar-refractivity contribution in [1.29, 1.82) is 0 Å². The van der Waals surface area contributed by atoms with Gasteiger partial charge in [-0.05, 0) is 5.92 Å². The average Bonchev–Trinajstić information content (AvgIpc) is 2.36. The highest BCUT2D eigenvalue weighted by Crippen LogP contribution is 2.17. The Morgan fingerprint density at radius 2 is 2.00 bits per heavy atom. The molecule has 1 unspecified atom stereocenters. The second-order valence-corrected chi connectivity index (χ2v) is 3.40. The minimum absolute atomic E-state index is 0. The van der Waals surface area contributed by atoms with E-state index in [0.717, 1.165) is 5.69 Å². The van der Waals surface area contributed by atoms with Gasteiger partial charge in [-0.15, -0.1) is 36.2 Å². The quantitative estimate of drug-likeness (QED) is 0.846. The van der Waals surface area contributed by atoms with Crippen LogP contribution in [-0.2, 0) is 0 Å². The highest BCUT2D eigenvalue weighted by atomic mass is 35.5. The molecular formula is C7H14Cl2N2S. The van der Waals surface area contributed by atoms with Crippen LogP contribution in [-0.4, -0.2) is 4.98 Å². The Morgan fingerprint density at radius 1 is 1.42 bits per heavy atom. The topological polar surface area (TPSA) is 38.9 Å². The highest BCUT2D eigenvalue weighted by Gasteiger charge is 2.10. The van der Waals surface area contributed by atoms with E-state index in [4.69, 9.17) is 5.73 Å². The number of thiazole rings is 1. The Morgan fingerprint density at radius 3 is 2.33 bits per heavy atom. The predicted molar refractivity (Wildman–Crippen MR) is 58.4 cm³/mol. The summed E-state index contributed by atoms with van der Waals surface area (Å²) in [4.78, 5) is 4.13. The SMILES string of the molecule is CC(C)C(N)c1cscn1.Cl.Cl. The highest BCUT2D eigenvalue weighted by molar-refractivity contribution is 7.07. The average molecular weight is 229 g/mol. The Bertz CT molecular complexity index is 189. The predicted octanol–water partition coefficient (Wildman–Crippen LogP) is 2.64. The maximum absolute atomic E-state index is 5.83. The fourth-order valence-corrected chi connectivity index (χ4v) is 1.33. The molecule has 2 N–H and O–H groups in total. The second kappa shape index (κ2) is 6.66. The number of nitrogens with zero attached hydrogens (tertiary/aromatic N) is 1. The van der Waals surface area contributed by atoms with Crippen LogP contribution in [0.15, 0.2) is 10.9 Å². The molecule has 1 heterocycles. The lowest BCUT2D eigenvalue weighted by atomic mass is 10.0. The molecule has 0 amide bonds. The number of hydrogen-bond donors (Lipinski definition) is 1. The first-order valence-corrected chi connectivity index (χ1v) is 4.29. The van der Waals surface area contributed by atoms with Gasteiger partial charge in [0.25, 0.3) is 0 Å². The lowest BCUT2D eigenvalue weighted by Crippen LogP contribution is -2.16. The molecule has 1 aromatic rings. The van der Waals surface area contributed by atoms with Crippen molar-refractivity contribution in [2.24, 2.45) is 11.7 Å². The summed E-state index contributed by atoms with van der Waals surface area (Å²) in [5.41, 5.74) is 8.66. The van der Waals surface area contributed by atoms with Gasteiger partial charge in [0.2, 0.25) is 0 Å². The molecule has 1 atom stereocenters. The summed E-state index contributed by atoms with van der Waals surface area (Å²) >= 11 is 1.59. The van der Waals surface area contributed by atoms with Gasteiger partial charge in [0.15, 0.2) is 0 Å². The second-order valence-electron chi connectivity index (χ2n) is 2.68. The number of rotatable bonds is 2. The van der Waals surface area contributed by atoms with Crippen molar-refractivity contribution in [3.63, 3.8) is 0 Å². The maximum atomic E-state index is 5.83. The first-order valence-electron chi connectivity index (χ1n) is 3.35. The van der Waals surface area contributed by atoms with Crippen LogP contribution in [0.4, 0.5) is 0 Å². The smallest absolute Gasteiger partial charge is 0.0795 e. The minimum atomic E-state index is 0. The van der Waals surface area contributed by atoms with Crippen LogP contribution >= 0.6 is 36.2 Å². The van der Waals surface area contributed by atoms with Crippen LogP contribution in [0.3, 0.4) is 0 Å². The minimum Gasteiger partial charge on any atom is -0.322 e. The van der Waals surface area contributed by atoms with Crippen LogP contribution in [0, 0.1) is 5.92 Å². The van der Waals surface area contributed by atoms with Crippen molar-refractivity contribution in [3.05, 3.63) is 16.6 Å². The summed E-state index contributed by atoms with van der Waals surface area (Å²) in [7, 11) is 0. The van der Waals surface area contributed by atoms with E-state index in [9.17, 15) is 0 Å². The molecule has 0 aliphatic carbocycles. The number of aromatic nitrogens is 1. The van der Waals surface area contributed by atoms with Gasteiger partial charge < -0.3 is 5.73 Å². The largest absolute Gasteiger partial charge is 0.322 e. The van der Waals surface area contributed by atoms with E-state index in [1.807, 2.05) is 10.9 Å². The van der Waals surface area contributed by atoms with Gasteiger partial charge in [0.05, 0.1) is 17.2 Å². The third kappa shape index (κ3) is 3.72. The molecule has 0 aliphatic heterocycles. The molecule has 0 fully saturated rings. The molecule has 0 aliphatic rings. The molecule has 1 aromatic heterocycles. The molecule has 0 saturated heterocycles. The first-order chi connectivity index (χ1) is 4.72. The van der Waals surface area contributed by atoms with Gasteiger partial charge >= 0.3 is 0 Å². The zero-order valence-corrected chi connectivity index (χ0v) is 9.51. The van der Waals surface area contributed by atoms with Crippen molar-refractivity contribution in [3.8, 4) is 0 Å². The zero-order chi connectivity index (χ0) is 7.56. The molecule has 0 radical (unpaired) electrons. The summed E-state index contributed by atoms with van der Waals surface area (Å²) in [6.07, 6.45) is 0. The molecule has 5 heteroatoms. The molecular weight excluding hydrogens is 215 g/mol. The van der Waals surface area contributed by atoms with E-state index in [0.29, 0.717) is 5.92 Å². The lowest BCUT2D eigenvalue weighted by molar-refractivity contribution is 0.505. The van der Waals surface area contributed by atoms with Crippen LogP contribution in [0.1, 0.15) is 25.6 Å².